The van der Waals surface area contributed by atoms with Crippen LogP contribution < -0.4 is 10.5 Å². The third-order valence-corrected chi connectivity index (χ3v) is 5.67. The molecular formula is C22H22F3N5O5. The summed E-state index contributed by atoms with van der Waals surface area (Å²) in [5.74, 6) is -0.261. The number of halogens is 3. The predicted molar refractivity (Wildman–Crippen MR) is 117 cm³/mol. The largest absolute Gasteiger partial charge is 0.494 e. The van der Waals surface area contributed by atoms with Gasteiger partial charge >= 0.3 is 12.3 Å². The van der Waals surface area contributed by atoms with E-state index < -0.39 is 29.9 Å². The second-order valence-electron chi connectivity index (χ2n) is 7.99. The van der Waals surface area contributed by atoms with Crippen LogP contribution in [0.1, 0.15) is 34.9 Å². The van der Waals surface area contributed by atoms with E-state index in [2.05, 4.69) is 9.97 Å². The Balaban J connectivity index is 1.76. The Morgan fingerprint density at radius 3 is 2.34 bits per heavy atom. The molecule has 10 nitrogen and oxygen atoms in total. The van der Waals surface area contributed by atoms with Crippen molar-refractivity contribution >= 4 is 22.9 Å². The van der Waals surface area contributed by atoms with Gasteiger partial charge in [0, 0.05) is 37.1 Å². The van der Waals surface area contributed by atoms with Gasteiger partial charge in [0.2, 0.25) is 5.89 Å². The summed E-state index contributed by atoms with van der Waals surface area (Å²) in [5.41, 5.74) is 5.15. The van der Waals surface area contributed by atoms with Crippen LogP contribution in [-0.2, 0) is 6.18 Å². The van der Waals surface area contributed by atoms with Gasteiger partial charge in [0.15, 0.2) is 11.5 Å². The van der Waals surface area contributed by atoms with E-state index in [1.807, 2.05) is 0 Å². The fourth-order valence-corrected chi connectivity index (χ4v) is 3.86. The van der Waals surface area contributed by atoms with Crippen molar-refractivity contribution in [3.05, 3.63) is 41.4 Å². The SMILES string of the molecule is COc1ccc(-c2nc(C(=O)N3CCN(C(=O)O)CC3)c([C@H](C)N)o2)c2ccc(C(F)(F)F)nc12. The second kappa shape index (κ2) is 9.06. The average Bonchev–Trinajstić information content (AvgIpc) is 3.27. The maximum absolute atomic E-state index is 13.2. The van der Waals surface area contributed by atoms with Crippen LogP contribution in [0.5, 0.6) is 5.75 Å². The molecule has 186 valence electrons. The number of hydrogen-bond donors (Lipinski definition) is 2. The third-order valence-electron chi connectivity index (χ3n) is 5.67. The fourth-order valence-electron chi connectivity index (χ4n) is 3.86. The quantitative estimate of drug-likeness (QED) is 0.565. The van der Waals surface area contributed by atoms with Crippen molar-refractivity contribution in [3.63, 3.8) is 0 Å². The van der Waals surface area contributed by atoms with Gasteiger partial charge in [0.25, 0.3) is 5.91 Å². The number of alkyl halides is 3. The summed E-state index contributed by atoms with van der Waals surface area (Å²) in [6.07, 6.45) is -5.71. The van der Waals surface area contributed by atoms with Gasteiger partial charge in [-0.25, -0.2) is 14.8 Å². The van der Waals surface area contributed by atoms with Crippen LogP contribution >= 0.6 is 0 Å². The molecule has 3 aromatic rings. The molecule has 35 heavy (non-hydrogen) atoms. The van der Waals surface area contributed by atoms with Crippen LogP contribution in [0.2, 0.25) is 0 Å². The van der Waals surface area contributed by atoms with Crippen LogP contribution in [0, 0.1) is 0 Å². The molecule has 0 bridgehead atoms. The number of rotatable bonds is 4. The van der Waals surface area contributed by atoms with E-state index in [1.165, 1.54) is 29.0 Å². The summed E-state index contributed by atoms with van der Waals surface area (Å²) in [6, 6.07) is 4.36. The molecule has 13 heteroatoms. The van der Waals surface area contributed by atoms with Gasteiger partial charge in [0.1, 0.15) is 17.0 Å². The Kier molecular flexibility index (Phi) is 6.28. The topological polar surface area (TPSA) is 135 Å². The van der Waals surface area contributed by atoms with E-state index in [9.17, 15) is 22.8 Å². The smallest absolute Gasteiger partial charge is 0.433 e. The Labute approximate surface area is 197 Å². The molecule has 3 heterocycles. The van der Waals surface area contributed by atoms with E-state index in [1.54, 1.807) is 13.0 Å². The lowest BCUT2D eigenvalue weighted by Crippen LogP contribution is -2.50. The highest BCUT2D eigenvalue weighted by molar-refractivity contribution is 5.98. The zero-order valence-corrected chi connectivity index (χ0v) is 18.8. The van der Waals surface area contributed by atoms with E-state index in [0.717, 1.165) is 6.07 Å². The van der Waals surface area contributed by atoms with Gasteiger partial charge < -0.3 is 29.8 Å². The summed E-state index contributed by atoms with van der Waals surface area (Å²) < 4.78 is 50.7. The molecule has 2 aromatic heterocycles. The minimum atomic E-state index is -4.65. The van der Waals surface area contributed by atoms with E-state index in [0.29, 0.717) is 5.56 Å². The summed E-state index contributed by atoms with van der Waals surface area (Å²) in [5, 5.41) is 9.40. The standard InChI is InChI=1S/C22H22F3N5O5/c1-11(26)18-17(20(31)29-7-9-30(10-8-29)21(32)33)28-19(35-18)13-3-5-14(34-2)16-12(13)4-6-15(27-16)22(23,24)25/h3-6,11H,7-10,26H2,1-2H3,(H,32,33)/t11-/m0/s1. The predicted octanol–water partition coefficient (Wildman–Crippen LogP) is 3.37. The monoisotopic (exact) mass is 493 g/mol. The Morgan fingerprint density at radius 2 is 1.77 bits per heavy atom. The summed E-state index contributed by atoms with van der Waals surface area (Å²) >= 11 is 0. The number of carboxylic acid groups (broad SMARTS) is 1. The lowest BCUT2D eigenvalue weighted by Gasteiger charge is -2.32. The molecular weight excluding hydrogens is 471 g/mol. The third kappa shape index (κ3) is 4.58. The highest BCUT2D eigenvalue weighted by Gasteiger charge is 2.34. The number of ether oxygens (including phenoxy) is 1. The molecule has 2 amide bonds. The van der Waals surface area contributed by atoms with E-state index >= 15 is 0 Å². The number of pyridine rings is 1. The number of carbonyl (C=O) groups excluding carboxylic acids is 1. The van der Waals surface area contributed by atoms with Crippen LogP contribution in [0.15, 0.2) is 28.7 Å². The van der Waals surface area contributed by atoms with Gasteiger partial charge in [-0.2, -0.15) is 13.2 Å². The summed E-state index contributed by atoms with van der Waals surface area (Å²) in [4.78, 5) is 35.1. The molecule has 3 N–H and O–H groups in total. The van der Waals surface area contributed by atoms with E-state index in [-0.39, 0.29) is 60.2 Å². The number of amides is 2. The molecule has 1 aliphatic heterocycles. The molecule has 0 unspecified atom stereocenters. The number of methoxy groups -OCH3 is 1. The molecule has 0 spiro atoms. The van der Waals surface area contributed by atoms with E-state index in [4.69, 9.17) is 20.0 Å². The first kappa shape index (κ1) is 24.3. The number of hydrogen-bond acceptors (Lipinski definition) is 7. The lowest BCUT2D eigenvalue weighted by molar-refractivity contribution is -0.140. The number of benzene rings is 1. The molecule has 4 rings (SSSR count). The van der Waals surface area contributed by atoms with Crippen LogP contribution in [-0.4, -0.2) is 70.2 Å². The zero-order chi connectivity index (χ0) is 25.5. The first-order valence-corrected chi connectivity index (χ1v) is 10.6. The van der Waals surface area contributed by atoms with Gasteiger partial charge in [-0.15, -0.1) is 0 Å². The highest BCUT2D eigenvalue weighted by atomic mass is 19.4. The molecule has 1 saturated heterocycles. The molecule has 0 saturated carbocycles. The van der Waals surface area contributed by atoms with Crippen molar-refractivity contribution in [2.24, 2.45) is 5.73 Å². The highest BCUT2D eigenvalue weighted by Crippen LogP contribution is 2.37. The fraction of sp³-hybridized carbons (Fsp3) is 0.364. The van der Waals surface area contributed by atoms with Crippen molar-refractivity contribution < 1.29 is 37.0 Å². The number of nitrogens with zero attached hydrogens (tertiary/aromatic N) is 4. The average molecular weight is 493 g/mol. The van der Waals surface area contributed by atoms with Crippen molar-refractivity contribution in [3.8, 4) is 17.2 Å². The lowest BCUT2D eigenvalue weighted by atomic mass is 10.1. The zero-order valence-electron chi connectivity index (χ0n) is 18.8. The molecule has 1 aromatic carbocycles. The Morgan fingerprint density at radius 1 is 1.11 bits per heavy atom. The summed E-state index contributed by atoms with van der Waals surface area (Å²) in [7, 11) is 1.32. The number of carbonyl (C=O) groups is 2. The van der Waals surface area contributed by atoms with Crippen molar-refractivity contribution in [2.75, 3.05) is 33.3 Å². The second-order valence-corrected chi connectivity index (χ2v) is 7.99. The first-order valence-electron chi connectivity index (χ1n) is 10.6. The molecule has 0 radical (unpaired) electrons. The number of oxazole rings is 1. The maximum atomic E-state index is 13.2. The van der Waals surface area contributed by atoms with Crippen molar-refractivity contribution in [1.82, 2.24) is 19.8 Å². The minimum Gasteiger partial charge on any atom is -0.494 e. The van der Waals surface area contributed by atoms with Crippen molar-refractivity contribution in [2.45, 2.75) is 19.1 Å². The van der Waals surface area contributed by atoms with Gasteiger partial charge in [-0.05, 0) is 31.2 Å². The van der Waals surface area contributed by atoms with Gasteiger partial charge in [-0.3, -0.25) is 4.79 Å². The molecule has 1 fully saturated rings. The Hall–Kier alpha value is -3.87. The maximum Gasteiger partial charge on any atom is 0.433 e. The Bertz CT molecular complexity index is 1280. The number of aromatic nitrogens is 2. The number of fused-ring (bicyclic) bond motifs is 1. The molecule has 0 aliphatic carbocycles. The van der Waals surface area contributed by atoms with Crippen LogP contribution in [0.25, 0.3) is 22.4 Å². The van der Waals surface area contributed by atoms with Crippen LogP contribution in [0.4, 0.5) is 18.0 Å². The number of nitrogens with two attached hydrogens (primary N) is 1. The van der Waals surface area contributed by atoms with Gasteiger partial charge in [0.05, 0.1) is 13.2 Å². The number of piperazine rings is 1. The van der Waals surface area contributed by atoms with Gasteiger partial charge in [-0.1, -0.05) is 0 Å². The molecule has 1 aliphatic rings. The van der Waals surface area contributed by atoms with Crippen molar-refractivity contribution in [1.29, 1.82) is 0 Å². The summed E-state index contributed by atoms with van der Waals surface area (Å²) in [6.45, 7) is 2.24. The van der Waals surface area contributed by atoms with Crippen LogP contribution in [0.3, 0.4) is 0 Å². The minimum absolute atomic E-state index is 0.0148. The first-order chi connectivity index (χ1) is 16.5. The normalized spacial score (nSPS) is 15.4. The molecule has 1 atom stereocenters.